The SMILES string of the molecule is COc1cc(N2C(=O)Cc3ccccc3C2=O)ccc1N. The highest BCUT2D eigenvalue weighted by Gasteiger charge is 2.32. The first kappa shape index (κ1) is 13.2. The first-order valence-electron chi connectivity index (χ1n) is 6.50. The van der Waals surface area contributed by atoms with E-state index in [9.17, 15) is 9.59 Å². The van der Waals surface area contributed by atoms with Crippen LogP contribution in [0.3, 0.4) is 0 Å². The molecule has 2 amide bonds. The minimum atomic E-state index is -0.325. The van der Waals surface area contributed by atoms with Crippen molar-refractivity contribution in [1.82, 2.24) is 0 Å². The Kier molecular flexibility index (Phi) is 3.10. The summed E-state index contributed by atoms with van der Waals surface area (Å²) in [6, 6.07) is 12.0. The number of anilines is 2. The molecule has 0 saturated heterocycles. The summed E-state index contributed by atoms with van der Waals surface area (Å²) < 4.78 is 5.14. The first-order chi connectivity index (χ1) is 10.1. The second-order valence-electron chi connectivity index (χ2n) is 4.79. The molecule has 1 aliphatic heterocycles. The van der Waals surface area contributed by atoms with Crippen LogP contribution in [-0.2, 0) is 11.2 Å². The molecule has 2 N–H and O–H groups in total. The van der Waals surface area contributed by atoms with E-state index in [-0.39, 0.29) is 18.2 Å². The lowest BCUT2D eigenvalue weighted by Gasteiger charge is -2.27. The summed E-state index contributed by atoms with van der Waals surface area (Å²) >= 11 is 0. The number of methoxy groups -OCH3 is 1. The number of ether oxygens (including phenoxy) is 1. The van der Waals surface area contributed by atoms with Gasteiger partial charge in [0.15, 0.2) is 0 Å². The van der Waals surface area contributed by atoms with E-state index in [1.807, 2.05) is 6.07 Å². The monoisotopic (exact) mass is 282 g/mol. The van der Waals surface area contributed by atoms with Crippen LogP contribution in [0.15, 0.2) is 42.5 Å². The highest BCUT2D eigenvalue weighted by Crippen LogP contribution is 2.31. The largest absolute Gasteiger partial charge is 0.495 e. The fourth-order valence-electron chi connectivity index (χ4n) is 2.46. The molecular formula is C16H14N2O3. The molecule has 3 rings (SSSR count). The van der Waals surface area contributed by atoms with Crippen LogP contribution >= 0.6 is 0 Å². The normalized spacial score (nSPS) is 14.0. The van der Waals surface area contributed by atoms with E-state index in [2.05, 4.69) is 0 Å². The molecule has 1 aliphatic rings. The molecule has 0 unspecified atom stereocenters. The van der Waals surface area contributed by atoms with Crippen molar-refractivity contribution in [2.75, 3.05) is 17.7 Å². The van der Waals surface area contributed by atoms with Gasteiger partial charge in [-0.1, -0.05) is 18.2 Å². The minimum Gasteiger partial charge on any atom is -0.495 e. The number of fused-ring (bicyclic) bond motifs is 1. The van der Waals surface area contributed by atoms with E-state index in [0.29, 0.717) is 22.7 Å². The lowest BCUT2D eigenvalue weighted by molar-refractivity contribution is -0.117. The van der Waals surface area contributed by atoms with Crippen molar-refractivity contribution in [3.63, 3.8) is 0 Å². The van der Waals surface area contributed by atoms with E-state index in [4.69, 9.17) is 10.5 Å². The average molecular weight is 282 g/mol. The zero-order chi connectivity index (χ0) is 15.0. The van der Waals surface area contributed by atoms with Gasteiger partial charge in [0, 0.05) is 11.6 Å². The van der Waals surface area contributed by atoms with Crippen molar-refractivity contribution < 1.29 is 14.3 Å². The third-order valence-electron chi connectivity index (χ3n) is 3.52. The van der Waals surface area contributed by atoms with Crippen LogP contribution in [0.4, 0.5) is 11.4 Å². The number of imide groups is 1. The van der Waals surface area contributed by atoms with Gasteiger partial charge in [0.1, 0.15) is 5.75 Å². The van der Waals surface area contributed by atoms with E-state index in [1.54, 1.807) is 36.4 Å². The Bertz CT molecular complexity index is 740. The van der Waals surface area contributed by atoms with Gasteiger partial charge in [-0.3, -0.25) is 9.59 Å². The number of amides is 2. The van der Waals surface area contributed by atoms with Gasteiger partial charge >= 0.3 is 0 Å². The highest BCUT2D eigenvalue weighted by atomic mass is 16.5. The number of nitrogens with two attached hydrogens (primary N) is 1. The molecule has 106 valence electrons. The highest BCUT2D eigenvalue weighted by molar-refractivity contribution is 6.24. The van der Waals surface area contributed by atoms with Gasteiger partial charge in [-0.05, 0) is 23.8 Å². The predicted octanol–water partition coefficient (Wildman–Crippen LogP) is 2.01. The van der Waals surface area contributed by atoms with Crippen molar-refractivity contribution in [2.45, 2.75) is 6.42 Å². The molecule has 2 aromatic rings. The molecule has 0 spiro atoms. The third kappa shape index (κ3) is 2.12. The zero-order valence-electron chi connectivity index (χ0n) is 11.5. The lowest BCUT2D eigenvalue weighted by Crippen LogP contribution is -2.42. The maximum Gasteiger partial charge on any atom is 0.265 e. The Balaban J connectivity index is 2.07. The maximum atomic E-state index is 12.5. The molecule has 0 radical (unpaired) electrons. The van der Waals surface area contributed by atoms with Gasteiger partial charge in [0.25, 0.3) is 5.91 Å². The van der Waals surface area contributed by atoms with Crippen LogP contribution in [0.2, 0.25) is 0 Å². The van der Waals surface area contributed by atoms with Crippen LogP contribution in [0, 0.1) is 0 Å². The van der Waals surface area contributed by atoms with Crippen molar-refractivity contribution >= 4 is 23.2 Å². The summed E-state index contributed by atoms with van der Waals surface area (Å²) in [7, 11) is 1.49. The van der Waals surface area contributed by atoms with Crippen molar-refractivity contribution in [2.24, 2.45) is 0 Å². The summed E-state index contributed by atoms with van der Waals surface area (Å²) in [5.74, 6) is -0.147. The summed E-state index contributed by atoms with van der Waals surface area (Å²) in [6.45, 7) is 0. The van der Waals surface area contributed by atoms with Crippen molar-refractivity contribution in [1.29, 1.82) is 0 Å². The van der Waals surface area contributed by atoms with Gasteiger partial charge in [-0.25, -0.2) is 4.90 Å². The van der Waals surface area contributed by atoms with Crippen LogP contribution < -0.4 is 15.4 Å². The fraction of sp³-hybridized carbons (Fsp3) is 0.125. The number of nitrogens with zero attached hydrogens (tertiary/aromatic N) is 1. The number of hydrogen-bond acceptors (Lipinski definition) is 4. The van der Waals surface area contributed by atoms with Crippen LogP contribution in [0.25, 0.3) is 0 Å². The second-order valence-corrected chi connectivity index (χ2v) is 4.79. The van der Waals surface area contributed by atoms with E-state index in [1.165, 1.54) is 12.0 Å². The predicted molar refractivity (Wildman–Crippen MR) is 79.4 cm³/mol. The fourth-order valence-corrected chi connectivity index (χ4v) is 2.46. The number of hydrogen-bond donors (Lipinski definition) is 1. The molecule has 0 fully saturated rings. The van der Waals surface area contributed by atoms with Gasteiger partial charge < -0.3 is 10.5 Å². The van der Waals surface area contributed by atoms with E-state index >= 15 is 0 Å². The Labute approximate surface area is 121 Å². The standard InChI is InChI=1S/C16H14N2O3/c1-21-14-9-11(6-7-13(14)17)18-15(19)8-10-4-2-3-5-12(10)16(18)20/h2-7,9H,8,17H2,1H3. The Morgan fingerprint density at radius 3 is 2.67 bits per heavy atom. The number of benzene rings is 2. The summed E-state index contributed by atoms with van der Waals surface area (Å²) in [6.07, 6.45) is 0.203. The van der Waals surface area contributed by atoms with E-state index < -0.39 is 0 Å². The van der Waals surface area contributed by atoms with Crippen molar-refractivity contribution in [3.8, 4) is 5.75 Å². The quantitative estimate of drug-likeness (QED) is 0.675. The maximum absolute atomic E-state index is 12.5. The zero-order valence-corrected chi connectivity index (χ0v) is 11.5. The molecule has 1 heterocycles. The number of nitrogen functional groups attached to an aromatic ring is 1. The van der Waals surface area contributed by atoms with Gasteiger partial charge in [-0.2, -0.15) is 0 Å². The molecule has 0 bridgehead atoms. The number of carbonyl (C=O) groups excluding carboxylic acids is 2. The van der Waals surface area contributed by atoms with Gasteiger partial charge in [0.05, 0.1) is 24.9 Å². The van der Waals surface area contributed by atoms with Crippen LogP contribution in [0.1, 0.15) is 15.9 Å². The first-order valence-corrected chi connectivity index (χ1v) is 6.50. The summed E-state index contributed by atoms with van der Waals surface area (Å²) in [5.41, 5.74) is 7.99. The Morgan fingerprint density at radius 1 is 1.14 bits per heavy atom. The lowest BCUT2D eigenvalue weighted by atomic mass is 9.98. The molecule has 0 aliphatic carbocycles. The Hall–Kier alpha value is -2.82. The third-order valence-corrected chi connectivity index (χ3v) is 3.52. The Morgan fingerprint density at radius 2 is 1.90 bits per heavy atom. The topological polar surface area (TPSA) is 72.6 Å². The number of rotatable bonds is 2. The molecule has 0 aromatic heterocycles. The smallest absolute Gasteiger partial charge is 0.265 e. The molecule has 5 nitrogen and oxygen atoms in total. The molecule has 0 atom stereocenters. The molecular weight excluding hydrogens is 268 g/mol. The van der Waals surface area contributed by atoms with Crippen LogP contribution in [0.5, 0.6) is 5.75 Å². The minimum absolute atomic E-state index is 0.203. The molecule has 2 aromatic carbocycles. The van der Waals surface area contributed by atoms with Crippen molar-refractivity contribution in [3.05, 3.63) is 53.6 Å². The summed E-state index contributed by atoms with van der Waals surface area (Å²) in [4.78, 5) is 26.0. The van der Waals surface area contributed by atoms with Crippen LogP contribution in [-0.4, -0.2) is 18.9 Å². The molecule has 0 saturated carbocycles. The summed E-state index contributed by atoms with van der Waals surface area (Å²) in [5, 5.41) is 0. The van der Waals surface area contributed by atoms with Gasteiger partial charge in [0.2, 0.25) is 5.91 Å². The number of carbonyl (C=O) groups is 2. The van der Waals surface area contributed by atoms with Gasteiger partial charge in [-0.15, -0.1) is 0 Å². The second kappa shape index (κ2) is 4.94. The average Bonchev–Trinajstić information content (AvgIpc) is 2.49. The molecule has 21 heavy (non-hydrogen) atoms. The molecule has 5 heteroatoms. The van der Waals surface area contributed by atoms with E-state index in [0.717, 1.165) is 5.56 Å².